The van der Waals surface area contributed by atoms with Gasteiger partial charge in [-0.05, 0) is 74.1 Å². The van der Waals surface area contributed by atoms with Gasteiger partial charge in [-0.15, -0.1) is 0 Å². The molecule has 6 rings (SSSR count). The van der Waals surface area contributed by atoms with Crippen LogP contribution in [0.3, 0.4) is 0 Å². The summed E-state index contributed by atoms with van der Waals surface area (Å²) >= 11 is 5.91. The molecule has 11 heteroatoms. The zero-order chi connectivity index (χ0) is 28.5. The molecule has 0 atom stereocenters. The van der Waals surface area contributed by atoms with E-state index in [1.165, 1.54) is 6.07 Å². The number of nitrogens with zero attached hydrogens (tertiary/aromatic N) is 5. The van der Waals surface area contributed by atoms with Crippen molar-refractivity contribution in [1.82, 2.24) is 29.0 Å². The molecule has 3 aromatic heterocycles. The van der Waals surface area contributed by atoms with Gasteiger partial charge in [-0.1, -0.05) is 23.7 Å². The van der Waals surface area contributed by atoms with Crippen molar-refractivity contribution in [3.05, 3.63) is 106 Å². The summed E-state index contributed by atoms with van der Waals surface area (Å²) in [6.07, 6.45) is 6.46. The van der Waals surface area contributed by atoms with E-state index in [-0.39, 0.29) is 28.2 Å². The third kappa shape index (κ3) is 5.39. The second-order valence-electron chi connectivity index (χ2n) is 10.3. The average molecular weight is 577 g/mol. The number of nitrogens with one attached hydrogen (secondary N) is 1. The number of imidazole rings is 2. The van der Waals surface area contributed by atoms with E-state index >= 15 is 0 Å². The lowest BCUT2D eigenvalue weighted by Gasteiger charge is -2.29. The molecule has 2 aromatic carbocycles. The number of alkyl halides is 2. The van der Waals surface area contributed by atoms with Crippen molar-refractivity contribution in [3.63, 3.8) is 0 Å². The monoisotopic (exact) mass is 576 g/mol. The first-order valence-electron chi connectivity index (χ1n) is 13.4. The highest BCUT2D eigenvalue weighted by molar-refractivity contribution is 6.30. The third-order valence-electron chi connectivity index (χ3n) is 7.71. The molecule has 41 heavy (non-hydrogen) atoms. The lowest BCUT2D eigenvalue weighted by molar-refractivity contribution is 0.0904. The van der Waals surface area contributed by atoms with Crippen molar-refractivity contribution < 1.29 is 13.6 Å². The van der Waals surface area contributed by atoms with Crippen molar-refractivity contribution in [2.45, 2.75) is 44.7 Å². The number of para-hydroxylation sites is 2. The number of hydrogen-bond donors (Lipinski definition) is 1. The van der Waals surface area contributed by atoms with Gasteiger partial charge in [0.05, 0.1) is 33.6 Å². The minimum absolute atomic E-state index is 0.106. The molecule has 0 saturated heterocycles. The Labute approximate surface area is 239 Å². The second-order valence-corrected chi connectivity index (χ2v) is 10.7. The fourth-order valence-electron chi connectivity index (χ4n) is 5.64. The van der Waals surface area contributed by atoms with E-state index in [9.17, 15) is 18.4 Å². The van der Waals surface area contributed by atoms with Crippen LogP contribution in [0.5, 0.6) is 0 Å². The number of amides is 1. The van der Waals surface area contributed by atoms with E-state index in [1.54, 1.807) is 17.1 Å². The molecule has 1 fully saturated rings. The Morgan fingerprint density at radius 3 is 2.41 bits per heavy atom. The largest absolute Gasteiger partial charge is 0.349 e. The number of aromatic nitrogens is 5. The van der Waals surface area contributed by atoms with Crippen LogP contribution in [0, 0.1) is 5.92 Å². The normalized spacial score (nSPS) is 17.3. The first-order valence-corrected chi connectivity index (χ1v) is 13.8. The Kier molecular flexibility index (Phi) is 7.40. The number of carbonyl (C=O) groups excluding carboxylic acids is 1. The molecule has 0 bridgehead atoms. The summed E-state index contributed by atoms with van der Waals surface area (Å²) in [5.74, 6) is -0.370. The van der Waals surface area contributed by atoms with Gasteiger partial charge in [0.25, 0.3) is 12.3 Å². The van der Waals surface area contributed by atoms with Gasteiger partial charge >= 0.3 is 5.69 Å². The molecule has 1 saturated carbocycles. The van der Waals surface area contributed by atoms with Gasteiger partial charge in [-0.25, -0.2) is 18.6 Å². The smallest absolute Gasteiger partial charge is 0.333 e. The van der Waals surface area contributed by atoms with Crippen molar-refractivity contribution in [2.24, 2.45) is 5.92 Å². The first kappa shape index (κ1) is 26.9. The summed E-state index contributed by atoms with van der Waals surface area (Å²) in [6, 6.07) is 16.6. The van der Waals surface area contributed by atoms with Gasteiger partial charge in [0, 0.05) is 36.9 Å². The summed E-state index contributed by atoms with van der Waals surface area (Å²) in [5.41, 5.74) is 2.53. The van der Waals surface area contributed by atoms with Crippen LogP contribution < -0.4 is 11.0 Å². The highest BCUT2D eigenvalue weighted by Gasteiger charge is 2.27. The highest BCUT2D eigenvalue weighted by atomic mass is 35.5. The predicted molar refractivity (Wildman–Crippen MR) is 152 cm³/mol. The Morgan fingerprint density at radius 1 is 1.02 bits per heavy atom. The predicted octanol–water partition coefficient (Wildman–Crippen LogP) is 5.95. The number of fused-ring (bicyclic) bond motifs is 1. The fourth-order valence-corrected chi connectivity index (χ4v) is 5.79. The molecular weight excluding hydrogens is 550 g/mol. The number of halogens is 3. The van der Waals surface area contributed by atoms with Crippen LogP contribution in [0.2, 0.25) is 5.02 Å². The van der Waals surface area contributed by atoms with E-state index in [1.807, 2.05) is 63.9 Å². The summed E-state index contributed by atoms with van der Waals surface area (Å²) in [6.45, 7) is 0.549. The minimum atomic E-state index is -2.88. The van der Waals surface area contributed by atoms with E-state index < -0.39 is 18.0 Å². The Hall–Kier alpha value is -4.31. The van der Waals surface area contributed by atoms with E-state index in [0.29, 0.717) is 19.4 Å². The maximum absolute atomic E-state index is 13.7. The van der Waals surface area contributed by atoms with Gasteiger partial charge in [0.1, 0.15) is 5.69 Å². The highest BCUT2D eigenvalue weighted by Crippen LogP contribution is 2.29. The van der Waals surface area contributed by atoms with Gasteiger partial charge < -0.3 is 9.88 Å². The average Bonchev–Trinajstić information content (AvgIpc) is 3.61. The fraction of sp³-hybridized carbons (Fsp3) is 0.267. The third-order valence-corrected chi connectivity index (χ3v) is 7.91. The van der Waals surface area contributed by atoms with Crippen LogP contribution >= 0.6 is 11.6 Å². The zero-order valence-electron chi connectivity index (χ0n) is 22.0. The number of hydrogen-bond acceptors (Lipinski definition) is 4. The Bertz CT molecular complexity index is 1740. The molecule has 5 aromatic rings. The summed E-state index contributed by atoms with van der Waals surface area (Å²) < 4.78 is 32.2. The van der Waals surface area contributed by atoms with Crippen LogP contribution in [-0.4, -0.2) is 35.6 Å². The van der Waals surface area contributed by atoms with Gasteiger partial charge in [-0.3, -0.25) is 18.9 Å². The molecule has 3 heterocycles. The molecule has 0 radical (unpaired) electrons. The zero-order valence-corrected chi connectivity index (χ0v) is 22.7. The summed E-state index contributed by atoms with van der Waals surface area (Å²) in [4.78, 5) is 34.2. The number of carbonyl (C=O) groups is 1. The Balaban J connectivity index is 1.17. The SMILES string of the molecule is O=C(N[C@H]1CC[C@H](Cn2c(=O)n(-c3ccc(-n4ccnc4)cc3)c3ccccc32)CC1)c1cc(Cl)cnc1C(F)F. The molecular formula is C30H27ClF2N6O2. The van der Waals surface area contributed by atoms with Crippen molar-refractivity contribution in [2.75, 3.05) is 0 Å². The summed E-state index contributed by atoms with van der Waals surface area (Å²) in [7, 11) is 0. The van der Waals surface area contributed by atoms with Gasteiger partial charge in [-0.2, -0.15) is 0 Å². The van der Waals surface area contributed by atoms with Crippen molar-refractivity contribution in [3.8, 4) is 11.4 Å². The van der Waals surface area contributed by atoms with Gasteiger partial charge in [0.2, 0.25) is 0 Å². The number of rotatable bonds is 7. The molecule has 210 valence electrons. The molecule has 1 aliphatic carbocycles. The molecule has 1 N–H and O–H groups in total. The van der Waals surface area contributed by atoms with E-state index in [4.69, 9.17) is 11.6 Å². The van der Waals surface area contributed by atoms with Crippen LogP contribution in [0.1, 0.15) is 48.2 Å². The lowest BCUT2D eigenvalue weighted by Crippen LogP contribution is -2.39. The van der Waals surface area contributed by atoms with Gasteiger partial charge in [0.15, 0.2) is 0 Å². The number of pyridine rings is 1. The number of benzene rings is 2. The molecule has 1 aliphatic rings. The molecule has 8 nitrogen and oxygen atoms in total. The van der Waals surface area contributed by atoms with Crippen LogP contribution in [0.25, 0.3) is 22.4 Å². The second kappa shape index (κ2) is 11.3. The Morgan fingerprint density at radius 2 is 1.73 bits per heavy atom. The van der Waals surface area contributed by atoms with Crippen LogP contribution in [-0.2, 0) is 6.54 Å². The molecule has 1 amide bonds. The van der Waals surface area contributed by atoms with Crippen molar-refractivity contribution in [1.29, 1.82) is 0 Å². The first-order chi connectivity index (χ1) is 19.9. The van der Waals surface area contributed by atoms with Crippen LogP contribution in [0.4, 0.5) is 8.78 Å². The topological polar surface area (TPSA) is 86.7 Å². The quantitative estimate of drug-likeness (QED) is 0.259. The minimum Gasteiger partial charge on any atom is -0.349 e. The molecule has 0 unspecified atom stereocenters. The summed E-state index contributed by atoms with van der Waals surface area (Å²) in [5, 5.41) is 3.00. The molecule has 0 spiro atoms. The standard InChI is InChI=1S/C30H27ClF2N6O2/c31-20-15-24(27(28(32)33)35-16-20)29(40)36-21-7-5-19(6-8-21)17-38-25-3-1-2-4-26(25)39(30(38)41)23-11-9-22(10-12-23)37-14-13-34-18-37/h1-4,9-16,18-19,21,28H,5-8,17H2,(H,36,40)/t19-,21-. The van der Waals surface area contributed by atoms with Crippen molar-refractivity contribution >= 4 is 28.5 Å². The van der Waals surface area contributed by atoms with Crippen LogP contribution in [0.15, 0.2) is 84.3 Å². The van der Waals surface area contributed by atoms with E-state index in [2.05, 4.69) is 15.3 Å². The molecule has 0 aliphatic heterocycles. The van der Waals surface area contributed by atoms with E-state index in [0.717, 1.165) is 41.4 Å². The maximum Gasteiger partial charge on any atom is 0.333 e. The lowest BCUT2D eigenvalue weighted by atomic mass is 9.85. The maximum atomic E-state index is 13.7.